The van der Waals surface area contributed by atoms with E-state index in [2.05, 4.69) is 12.4 Å². The van der Waals surface area contributed by atoms with Crippen LogP contribution in [0.15, 0.2) is 0 Å². The molecular weight excluding hydrogens is 213 g/mol. The topological polar surface area (TPSA) is 12.0 Å². The van der Waals surface area contributed by atoms with E-state index in [0.29, 0.717) is 7.92 Å². The molecule has 16 heavy (non-hydrogen) atoms. The van der Waals surface area contributed by atoms with Gasteiger partial charge in [0.2, 0.25) is 0 Å². The summed E-state index contributed by atoms with van der Waals surface area (Å²) in [5.41, 5.74) is 2.22. The molecule has 94 valence electrons. The Kier molecular flexibility index (Phi) is 5.59. The molecule has 1 nitrogen and oxygen atoms in total. The average Bonchev–Trinajstić information content (AvgIpc) is 2.38. The van der Waals surface area contributed by atoms with Crippen molar-refractivity contribution < 1.29 is 0 Å². The Bertz CT molecular complexity index is 165. The van der Waals surface area contributed by atoms with Crippen molar-refractivity contribution >= 4 is 7.92 Å². The molecule has 1 N–H and O–H groups in total. The molecule has 2 aliphatic carbocycles. The normalized spacial score (nSPS) is 25.1. The molecule has 0 aromatic carbocycles. The van der Waals surface area contributed by atoms with E-state index in [1.54, 1.807) is 25.7 Å². The third-order valence-electron chi connectivity index (χ3n) is 4.43. The van der Waals surface area contributed by atoms with Crippen molar-refractivity contribution in [3.05, 3.63) is 0 Å². The smallest absolute Gasteiger partial charge is 0.0157 e. The van der Waals surface area contributed by atoms with E-state index in [-0.39, 0.29) is 0 Å². The number of rotatable bonds is 4. The molecular formula is C14H28NP. The first-order chi connectivity index (χ1) is 7.92. The van der Waals surface area contributed by atoms with Gasteiger partial charge in [-0.2, -0.15) is 0 Å². The first-order valence-corrected chi connectivity index (χ1v) is 8.98. The first-order valence-electron chi connectivity index (χ1n) is 7.32. The number of hydrogen-bond acceptors (Lipinski definition) is 1. The highest BCUT2D eigenvalue weighted by atomic mass is 31.1. The zero-order valence-corrected chi connectivity index (χ0v) is 11.8. The zero-order chi connectivity index (χ0) is 11.2. The van der Waals surface area contributed by atoms with Crippen LogP contribution in [0.2, 0.25) is 0 Å². The highest BCUT2D eigenvalue weighted by molar-refractivity contribution is 7.59. The predicted octanol–water partition coefficient (Wildman–Crippen LogP) is 4.31. The van der Waals surface area contributed by atoms with Crippen molar-refractivity contribution in [3.63, 3.8) is 0 Å². The standard InChI is InChI=1S/C14H28NP/c1-15-12-16(13-8-4-2-5-9-13)14-10-6-3-7-11-14/h13-15H,2-12H2,1H3. The molecule has 0 bridgehead atoms. The van der Waals surface area contributed by atoms with E-state index in [4.69, 9.17) is 0 Å². The van der Waals surface area contributed by atoms with Crippen LogP contribution in [-0.4, -0.2) is 24.7 Å². The minimum atomic E-state index is 0.292. The molecule has 0 spiro atoms. The summed E-state index contributed by atoms with van der Waals surface area (Å²) >= 11 is 0. The van der Waals surface area contributed by atoms with Crippen LogP contribution < -0.4 is 5.32 Å². The monoisotopic (exact) mass is 241 g/mol. The van der Waals surface area contributed by atoms with Gasteiger partial charge in [0, 0.05) is 6.29 Å². The highest BCUT2D eigenvalue weighted by Gasteiger charge is 2.30. The summed E-state index contributed by atoms with van der Waals surface area (Å²) in [6, 6.07) is 0. The maximum Gasteiger partial charge on any atom is 0.0157 e. The third kappa shape index (κ3) is 3.44. The molecule has 2 rings (SSSR count). The van der Waals surface area contributed by atoms with Crippen molar-refractivity contribution in [2.24, 2.45) is 0 Å². The Labute approximate surface area is 103 Å². The minimum Gasteiger partial charge on any atom is -0.316 e. The Morgan fingerprint density at radius 3 is 1.62 bits per heavy atom. The molecule has 0 aliphatic heterocycles. The van der Waals surface area contributed by atoms with E-state index in [1.165, 1.54) is 44.8 Å². The molecule has 0 amide bonds. The SMILES string of the molecule is CNCP(C1CCCCC1)C1CCCCC1. The van der Waals surface area contributed by atoms with Gasteiger partial charge in [-0.25, -0.2) is 0 Å². The molecule has 2 heteroatoms. The van der Waals surface area contributed by atoms with Crippen LogP contribution in [0.5, 0.6) is 0 Å². The quantitative estimate of drug-likeness (QED) is 0.723. The Morgan fingerprint density at radius 2 is 1.25 bits per heavy atom. The summed E-state index contributed by atoms with van der Waals surface area (Å²) in [7, 11) is 2.45. The summed E-state index contributed by atoms with van der Waals surface area (Å²) in [6.45, 7) is 0. The summed E-state index contributed by atoms with van der Waals surface area (Å²) in [5.74, 6) is 0. The van der Waals surface area contributed by atoms with E-state index in [1.807, 2.05) is 0 Å². The molecule has 0 heterocycles. The van der Waals surface area contributed by atoms with Gasteiger partial charge in [0.05, 0.1) is 0 Å². The van der Waals surface area contributed by atoms with E-state index in [9.17, 15) is 0 Å². The van der Waals surface area contributed by atoms with Crippen LogP contribution >= 0.6 is 7.92 Å². The fraction of sp³-hybridized carbons (Fsp3) is 1.00. The van der Waals surface area contributed by atoms with Gasteiger partial charge in [-0.1, -0.05) is 46.4 Å². The van der Waals surface area contributed by atoms with Gasteiger partial charge in [0.15, 0.2) is 0 Å². The van der Waals surface area contributed by atoms with Crippen molar-refractivity contribution in [1.29, 1.82) is 0 Å². The van der Waals surface area contributed by atoms with Gasteiger partial charge in [-0.3, -0.25) is 0 Å². The van der Waals surface area contributed by atoms with E-state index >= 15 is 0 Å². The molecule has 0 aromatic heterocycles. The predicted molar refractivity (Wildman–Crippen MR) is 74.6 cm³/mol. The lowest BCUT2D eigenvalue weighted by atomic mass is 9.99. The second-order valence-corrected chi connectivity index (χ2v) is 8.41. The number of nitrogens with one attached hydrogen (secondary N) is 1. The van der Waals surface area contributed by atoms with E-state index < -0.39 is 0 Å². The van der Waals surface area contributed by atoms with Gasteiger partial charge >= 0.3 is 0 Å². The van der Waals surface area contributed by atoms with Crippen molar-refractivity contribution in [1.82, 2.24) is 5.32 Å². The Morgan fingerprint density at radius 1 is 0.812 bits per heavy atom. The van der Waals surface area contributed by atoms with Crippen LogP contribution in [0.1, 0.15) is 64.2 Å². The van der Waals surface area contributed by atoms with Gasteiger partial charge < -0.3 is 5.32 Å². The maximum absolute atomic E-state index is 3.49. The van der Waals surface area contributed by atoms with Crippen LogP contribution in [0.4, 0.5) is 0 Å². The van der Waals surface area contributed by atoms with Gasteiger partial charge in [0.25, 0.3) is 0 Å². The second kappa shape index (κ2) is 6.97. The zero-order valence-electron chi connectivity index (χ0n) is 10.9. The van der Waals surface area contributed by atoms with Gasteiger partial charge in [-0.05, 0) is 44.0 Å². The molecule has 0 unspecified atom stereocenters. The maximum atomic E-state index is 3.49. The fourth-order valence-electron chi connectivity index (χ4n) is 3.56. The van der Waals surface area contributed by atoms with Crippen molar-refractivity contribution in [3.8, 4) is 0 Å². The third-order valence-corrected chi connectivity index (χ3v) is 8.02. The van der Waals surface area contributed by atoms with Crippen LogP contribution in [-0.2, 0) is 0 Å². The largest absolute Gasteiger partial charge is 0.316 e. The Hall–Kier alpha value is 0.390. The van der Waals surface area contributed by atoms with Crippen LogP contribution in [0.25, 0.3) is 0 Å². The highest BCUT2D eigenvalue weighted by Crippen LogP contribution is 2.54. The molecule has 2 aliphatic rings. The molecule has 0 saturated heterocycles. The molecule has 2 fully saturated rings. The lowest BCUT2D eigenvalue weighted by Gasteiger charge is -2.38. The lowest BCUT2D eigenvalue weighted by molar-refractivity contribution is 0.483. The lowest BCUT2D eigenvalue weighted by Crippen LogP contribution is -2.25. The molecule has 2 saturated carbocycles. The van der Waals surface area contributed by atoms with Crippen LogP contribution in [0, 0.1) is 0 Å². The van der Waals surface area contributed by atoms with Crippen molar-refractivity contribution in [2.45, 2.75) is 75.5 Å². The first kappa shape index (κ1) is 12.8. The summed E-state index contributed by atoms with van der Waals surface area (Å²) < 4.78 is 0. The molecule has 0 atom stereocenters. The van der Waals surface area contributed by atoms with Crippen molar-refractivity contribution in [2.75, 3.05) is 13.3 Å². The number of hydrogen-bond donors (Lipinski definition) is 1. The van der Waals surface area contributed by atoms with E-state index in [0.717, 1.165) is 11.3 Å². The summed E-state index contributed by atoms with van der Waals surface area (Å²) in [4.78, 5) is 0. The van der Waals surface area contributed by atoms with Crippen LogP contribution in [0.3, 0.4) is 0 Å². The van der Waals surface area contributed by atoms with Gasteiger partial charge in [0.1, 0.15) is 0 Å². The average molecular weight is 241 g/mol. The fourth-order valence-corrected chi connectivity index (χ4v) is 7.10. The summed E-state index contributed by atoms with van der Waals surface area (Å²) in [5, 5.41) is 3.49. The van der Waals surface area contributed by atoms with Gasteiger partial charge in [-0.15, -0.1) is 0 Å². The molecule has 0 aromatic rings. The summed E-state index contributed by atoms with van der Waals surface area (Å²) in [6.07, 6.45) is 16.6. The minimum absolute atomic E-state index is 0.292. The molecule has 0 radical (unpaired) electrons. The second-order valence-electron chi connectivity index (χ2n) is 5.61. The Balaban J connectivity index is 1.91.